The molecule has 0 radical (unpaired) electrons. The predicted molar refractivity (Wildman–Crippen MR) is 99.1 cm³/mol. The highest BCUT2D eigenvalue weighted by Gasteiger charge is 2.32. The number of carbonyl (C=O) groups excluding carboxylic acids is 1. The van der Waals surface area contributed by atoms with Gasteiger partial charge >= 0.3 is 6.09 Å². The Morgan fingerprint density at radius 2 is 1.79 bits per heavy atom. The van der Waals surface area contributed by atoms with Crippen LogP contribution in [-0.2, 0) is 4.74 Å². The van der Waals surface area contributed by atoms with Crippen molar-refractivity contribution in [1.29, 1.82) is 0 Å². The van der Waals surface area contributed by atoms with Crippen LogP contribution in [0.2, 0.25) is 0 Å². The van der Waals surface area contributed by atoms with Crippen LogP contribution in [-0.4, -0.2) is 41.8 Å². The number of rotatable bonds is 3. The lowest BCUT2D eigenvalue weighted by atomic mass is 9.79. The summed E-state index contributed by atoms with van der Waals surface area (Å²) in [7, 11) is 0. The molecule has 0 aromatic carbocycles. The maximum absolute atomic E-state index is 12.3. The summed E-state index contributed by atoms with van der Waals surface area (Å²) in [6, 6.07) is 1.09. The Morgan fingerprint density at radius 3 is 2.38 bits per heavy atom. The first-order chi connectivity index (χ1) is 11.1. The van der Waals surface area contributed by atoms with Gasteiger partial charge in [-0.1, -0.05) is 13.8 Å². The van der Waals surface area contributed by atoms with E-state index in [1.807, 2.05) is 25.7 Å². The molecule has 140 valence electrons. The van der Waals surface area contributed by atoms with Gasteiger partial charge in [-0.3, -0.25) is 0 Å². The van der Waals surface area contributed by atoms with Crippen LogP contribution in [0.4, 0.5) is 4.79 Å². The van der Waals surface area contributed by atoms with Crippen molar-refractivity contribution in [2.24, 2.45) is 17.8 Å². The normalized spacial score (nSPS) is 33.2. The quantitative estimate of drug-likeness (QED) is 0.827. The van der Waals surface area contributed by atoms with Gasteiger partial charge in [-0.25, -0.2) is 4.79 Å². The van der Waals surface area contributed by atoms with E-state index in [4.69, 9.17) is 4.74 Å². The second-order valence-electron chi connectivity index (χ2n) is 9.40. The highest BCUT2D eigenvalue weighted by molar-refractivity contribution is 5.68. The van der Waals surface area contributed by atoms with E-state index in [-0.39, 0.29) is 6.09 Å². The van der Waals surface area contributed by atoms with Crippen LogP contribution >= 0.6 is 0 Å². The fourth-order valence-electron chi connectivity index (χ4n) is 4.50. The Labute approximate surface area is 148 Å². The molecule has 0 bridgehead atoms. The second kappa shape index (κ2) is 8.07. The maximum atomic E-state index is 12.3. The van der Waals surface area contributed by atoms with Crippen LogP contribution < -0.4 is 5.32 Å². The van der Waals surface area contributed by atoms with Gasteiger partial charge < -0.3 is 15.0 Å². The Hall–Kier alpha value is -0.770. The maximum Gasteiger partial charge on any atom is 0.410 e. The zero-order valence-corrected chi connectivity index (χ0v) is 16.6. The number of likely N-dealkylation sites (tertiary alicyclic amines) is 1. The number of nitrogens with one attached hydrogen (secondary N) is 1. The van der Waals surface area contributed by atoms with E-state index in [9.17, 15) is 4.79 Å². The number of piperidine rings is 1. The molecular formula is C20H38N2O2. The van der Waals surface area contributed by atoms with Crippen molar-refractivity contribution in [1.82, 2.24) is 10.2 Å². The van der Waals surface area contributed by atoms with E-state index in [0.29, 0.717) is 18.0 Å². The van der Waals surface area contributed by atoms with Gasteiger partial charge in [0.1, 0.15) is 5.60 Å². The zero-order valence-electron chi connectivity index (χ0n) is 16.6. The standard InChI is InChI=1S/C20H38N2O2/c1-14-10-15(2)12-18(11-14)21-16(3)17-8-7-9-22(13-17)19(23)24-20(4,5)6/h14-18,21H,7-13H2,1-6H3. The summed E-state index contributed by atoms with van der Waals surface area (Å²) in [4.78, 5) is 14.2. The lowest BCUT2D eigenvalue weighted by molar-refractivity contribution is 0.0143. The Bertz CT molecular complexity index is 408. The molecule has 1 heterocycles. The molecule has 24 heavy (non-hydrogen) atoms. The van der Waals surface area contributed by atoms with Gasteiger partial charge in [-0.05, 0) is 77.6 Å². The molecule has 4 unspecified atom stereocenters. The minimum Gasteiger partial charge on any atom is -0.444 e. The summed E-state index contributed by atoms with van der Waals surface area (Å²) in [5.74, 6) is 2.17. The van der Waals surface area contributed by atoms with Crippen LogP contribution in [0.15, 0.2) is 0 Å². The van der Waals surface area contributed by atoms with Crippen molar-refractivity contribution >= 4 is 6.09 Å². The molecule has 1 N–H and O–H groups in total. The molecule has 4 heteroatoms. The summed E-state index contributed by atoms with van der Waals surface area (Å²) in [5, 5.41) is 3.88. The molecule has 4 nitrogen and oxygen atoms in total. The second-order valence-corrected chi connectivity index (χ2v) is 9.40. The third kappa shape index (κ3) is 5.94. The molecular weight excluding hydrogens is 300 g/mol. The first kappa shape index (κ1) is 19.6. The van der Waals surface area contributed by atoms with Crippen LogP contribution in [0, 0.1) is 17.8 Å². The Kier molecular flexibility index (Phi) is 6.58. The smallest absolute Gasteiger partial charge is 0.410 e. The van der Waals surface area contributed by atoms with E-state index in [0.717, 1.165) is 31.3 Å². The average Bonchev–Trinajstić information content (AvgIpc) is 2.44. The van der Waals surface area contributed by atoms with Crippen molar-refractivity contribution < 1.29 is 9.53 Å². The molecule has 1 amide bonds. The number of amides is 1. The first-order valence-corrected chi connectivity index (χ1v) is 9.88. The fourth-order valence-corrected chi connectivity index (χ4v) is 4.50. The Morgan fingerprint density at radius 1 is 1.17 bits per heavy atom. The first-order valence-electron chi connectivity index (χ1n) is 9.88. The number of carbonyl (C=O) groups is 1. The lowest BCUT2D eigenvalue weighted by Crippen LogP contribution is -2.50. The number of nitrogens with zero attached hydrogens (tertiary/aromatic N) is 1. The average molecular weight is 339 g/mol. The molecule has 0 aromatic rings. The van der Waals surface area contributed by atoms with Crippen LogP contribution in [0.1, 0.15) is 73.6 Å². The number of ether oxygens (including phenoxy) is 1. The van der Waals surface area contributed by atoms with Crippen molar-refractivity contribution in [3.63, 3.8) is 0 Å². The molecule has 1 aliphatic carbocycles. The van der Waals surface area contributed by atoms with Gasteiger partial charge in [0, 0.05) is 25.2 Å². The van der Waals surface area contributed by atoms with E-state index in [1.165, 1.54) is 25.7 Å². The third-order valence-electron chi connectivity index (χ3n) is 5.49. The molecule has 0 spiro atoms. The van der Waals surface area contributed by atoms with Crippen LogP contribution in [0.5, 0.6) is 0 Å². The molecule has 1 saturated heterocycles. The molecule has 2 rings (SSSR count). The van der Waals surface area contributed by atoms with Gasteiger partial charge in [0.25, 0.3) is 0 Å². The summed E-state index contributed by atoms with van der Waals surface area (Å²) < 4.78 is 5.55. The highest BCUT2D eigenvalue weighted by Crippen LogP contribution is 2.30. The van der Waals surface area contributed by atoms with Gasteiger partial charge in [-0.15, -0.1) is 0 Å². The van der Waals surface area contributed by atoms with Gasteiger partial charge in [0.15, 0.2) is 0 Å². The van der Waals surface area contributed by atoms with Crippen molar-refractivity contribution in [3.05, 3.63) is 0 Å². The van der Waals surface area contributed by atoms with Crippen LogP contribution in [0.3, 0.4) is 0 Å². The van der Waals surface area contributed by atoms with Gasteiger partial charge in [0.2, 0.25) is 0 Å². The molecule has 1 saturated carbocycles. The predicted octanol–water partition coefficient (Wildman–Crippen LogP) is 4.44. The summed E-state index contributed by atoms with van der Waals surface area (Å²) >= 11 is 0. The van der Waals surface area contributed by atoms with Crippen molar-refractivity contribution in [2.45, 2.75) is 91.3 Å². The summed E-state index contributed by atoms with van der Waals surface area (Å²) in [6.07, 6.45) is 6.06. The Balaban J connectivity index is 1.85. The topological polar surface area (TPSA) is 41.6 Å². The minimum absolute atomic E-state index is 0.153. The molecule has 0 aromatic heterocycles. The number of hydrogen-bond acceptors (Lipinski definition) is 3. The van der Waals surface area contributed by atoms with E-state index in [2.05, 4.69) is 26.1 Å². The monoisotopic (exact) mass is 338 g/mol. The molecule has 2 aliphatic rings. The lowest BCUT2D eigenvalue weighted by Gasteiger charge is -2.40. The van der Waals surface area contributed by atoms with Crippen molar-refractivity contribution in [2.75, 3.05) is 13.1 Å². The van der Waals surface area contributed by atoms with Crippen LogP contribution in [0.25, 0.3) is 0 Å². The van der Waals surface area contributed by atoms with E-state index >= 15 is 0 Å². The molecule has 2 fully saturated rings. The summed E-state index contributed by atoms with van der Waals surface area (Å²) in [5.41, 5.74) is -0.414. The van der Waals surface area contributed by atoms with Gasteiger partial charge in [-0.2, -0.15) is 0 Å². The fraction of sp³-hybridized carbons (Fsp3) is 0.950. The molecule has 1 aliphatic heterocycles. The largest absolute Gasteiger partial charge is 0.444 e. The van der Waals surface area contributed by atoms with E-state index in [1.54, 1.807) is 0 Å². The SMILES string of the molecule is CC1CC(C)CC(NC(C)C2CCCN(C(=O)OC(C)(C)C)C2)C1. The minimum atomic E-state index is -0.414. The van der Waals surface area contributed by atoms with E-state index < -0.39 is 5.60 Å². The highest BCUT2D eigenvalue weighted by atomic mass is 16.6. The zero-order chi connectivity index (χ0) is 17.9. The van der Waals surface area contributed by atoms with Gasteiger partial charge in [0.05, 0.1) is 0 Å². The molecule has 4 atom stereocenters. The number of hydrogen-bond donors (Lipinski definition) is 1. The summed E-state index contributed by atoms with van der Waals surface area (Å²) in [6.45, 7) is 14.5. The third-order valence-corrected chi connectivity index (χ3v) is 5.49. The van der Waals surface area contributed by atoms with Crippen molar-refractivity contribution in [3.8, 4) is 0 Å².